The molecular weight excluding hydrogens is 160 g/mol. The molecule has 0 unspecified atom stereocenters. The zero-order chi connectivity index (χ0) is 9.68. The van der Waals surface area contributed by atoms with Gasteiger partial charge in [-0.1, -0.05) is 30.3 Å². The molecule has 0 N–H and O–H groups in total. The summed E-state index contributed by atoms with van der Waals surface area (Å²) < 4.78 is 5.65. The lowest BCUT2D eigenvalue weighted by atomic mass is 10.2. The van der Waals surface area contributed by atoms with Crippen molar-refractivity contribution in [2.45, 2.75) is 26.9 Å². The molecule has 0 fully saturated rings. The average molecular weight is 176 g/mol. The summed E-state index contributed by atoms with van der Waals surface area (Å²) in [4.78, 5) is 0. The van der Waals surface area contributed by atoms with E-state index < -0.39 is 0 Å². The molecule has 0 radical (unpaired) electrons. The minimum absolute atomic E-state index is 0.228. The molecule has 1 heteroatoms. The van der Waals surface area contributed by atoms with Crippen LogP contribution >= 0.6 is 0 Å². The smallest absolute Gasteiger partial charge is 0.122 e. The van der Waals surface area contributed by atoms with E-state index in [2.05, 4.69) is 12.1 Å². The van der Waals surface area contributed by atoms with Crippen molar-refractivity contribution in [2.75, 3.05) is 0 Å². The second-order valence-electron chi connectivity index (χ2n) is 3.19. The van der Waals surface area contributed by atoms with Crippen LogP contribution in [0.15, 0.2) is 36.4 Å². The lowest BCUT2D eigenvalue weighted by molar-refractivity contribution is 0.204. The standard InChI is InChI=1S/C12H16O/c1-4-12(13-10(2)3)11-8-6-5-7-9-11/h4-10H,1-3H3. The monoisotopic (exact) mass is 176 g/mol. The van der Waals surface area contributed by atoms with Gasteiger partial charge in [-0.15, -0.1) is 0 Å². The third-order valence-corrected chi connectivity index (χ3v) is 1.68. The van der Waals surface area contributed by atoms with E-state index in [4.69, 9.17) is 4.74 Å². The van der Waals surface area contributed by atoms with Crippen LogP contribution in [0.1, 0.15) is 26.3 Å². The Hall–Kier alpha value is -1.24. The molecule has 0 bridgehead atoms. The largest absolute Gasteiger partial charge is 0.491 e. The van der Waals surface area contributed by atoms with Crippen molar-refractivity contribution < 1.29 is 4.74 Å². The summed E-state index contributed by atoms with van der Waals surface area (Å²) >= 11 is 0. The van der Waals surface area contributed by atoms with Crippen molar-refractivity contribution >= 4 is 5.76 Å². The molecule has 1 rings (SSSR count). The second-order valence-corrected chi connectivity index (χ2v) is 3.19. The van der Waals surface area contributed by atoms with Gasteiger partial charge in [-0.2, -0.15) is 0 Å². The fourth-order valence-electron chi connectivity index (χ4n) is 1.16. The predicted molar refractivity (Wildman–Crippen MR) is 56.3 cm³/mol. The van der Waals surface area contributed by atoms with Crippen LogP contribution in [0.25, 0.3) is 5.76 Å². The highest BCUT2D eigenvalue weighted by Crippen LogP contribution is 2.16. The second kappa shape index (κ2) is 4.70. The lowest BCUT2D eigenvalue weighted by Crippen LogP contribution is -2.01. The minimum atomic E-state index is 0.228. The Labute approximate surface area is 80.0 Å². The Morgan fingerprint density at radius 2 is 1.85 bits per heavy atom. The van der Waals surface area contributed by atoms with Gasteiger partial charge in [-0.25, -0.2) is 0 Å². The van der Waals surface area contributed by atoms with Crippen LogP contribution in [0, 0.1) is 0 Å². The van der Waals surface area contributed by atoms with Crippen LogP contribution in [0.5, 0.6) is 0 Å². The van der Waals surface area contributed by atoms with Crippen molar-refractivity contribution in [2.24, 2.45) is 0 Å². The number of hydrogen-bond acceptors (Lipinski definition) is 1. The first-order valence-corrected chi connectivity index (χ1v) is 4.62. The molecule has 70 valence electrons. The van der Waals surface area contributed by atoms with Gasteiger partial charge in [-0.3, -0.25) is 0 Å². The summed E-state index contributed by atoms with van der Waals surface area (Å²) in [5.41, 5.74) is 1.14. The van der Waals surface area contributed by atoms with Crippen LogP contribution in [0.2, 0.25) is 0 Å². The number of hydrogen-bond donors (Lipinski definition) is 0. The predicted octanol–water partition coefficient (Wildman–Crippen LogP) is 3.47. The topological polar surface area (TPSA) is 9.23 Å². The Morgan fingerprint density at radius 1 is 1.23 bits per heavy atom. The molecular formula is C12H16O. The molecule has 1 aromatic carbocycles. The maximum Gasteiger partial charge on any atom is 0.122 e. The summed E-state index contributed by atoms with van der Waals surface area (Å²) in [5.74, 6) is 0.954. The van der Waals surface area contributed by atoms with Gasteiger partial charge >= 0.3 is 0 Å². The lowest BCUT2D eigenvalue weighted by Gasteiger charge is -2.13. The summed E-state index contributed by atoms with van der Waals surface area (Å²) in [6, 6.07) is 10.1. The van der Waals surface area contributed by atoms with Crippen LogP contribution in [-0.2, 0) is 4.74 Å². The summed E-state index contributed by atoms with van der Waals surface area (Å²) in [7, 11) is 0. The molecule has 0 spiro atoms. The molecule has 13 heavy (non-hydrogen) atoms. The molecule has 1 nitrogen and oxygen atoms in total. The molecule has 0 heterocycles. The van der Waals surface area contributed by atoms with E-state index in [0.29, 0.717) is 0 Å². The van der Waals surface area contributed by atoms with Crippen LogP contribution in [-0.4, -0.2) is 6.10 Å². The molecule has 0 atom stereocenters. The van der Waals surface area contributed by atoms with Gasteiger partial charge in [-0.05, 0) is 26.8 Å². The van der Waals surface area contributed by atoms with E-state index in [9.17, 15) is 0 Å². The molecule has 0 amide bonds. The first-order valence-electron chi connectivity index (χ1n) is 4.62. The zero-order valence-electron chi connectivity index (χ0n) is 8.45. The van der Waals surface area contributed by atoms with E-state index in [1.165, 1.54) is 0 Å². The number of ether oxygens (including phenoxy) is 1. The SMILES string of the molecule is CC=C(OC(C)C)c1ccccc1. The molecule has 0 aliphatic carbocycles. The quantitative estimate of drug-likeness (QED) is 0.641. The maximum absolute atomic E-state index is 5.65. The molecule has 0 aliphatic heterocycles. The van der Waals surface area contributed by atoms with Gasteiger partial charge in [0.15, 0.2) is 0 Å². The fraction of sp³-hybridized carbons (Fsp3) is 0.333. The highest BCUT2D eigenvalue weighted by molar-refractivity contribution is 5.59. The van der Waals surface area contributed by atoms with Gasteiger partial charge in [0.2, 0.25) is 0 Å². The fourth-order valence-corrected chi connectivity index (χ4v) is 1.16. The van der Waals surface area contributed by atoms with Crippen molar-refractivity contribution in [3.05, 3.63) is 42.0 Å². The third-order valence-electron chi connectivity index (χ3n) is 1.68. The number of benzene rings is 1. The van der Waals surface area contributed by atoms with Gasteiger partial charge in [0.1, 0.15) is 5.76 Å². The minimum Gasteiger partial charge on any atom is -0.491 e. The Kier molecular flexibility index (Phi) is 3.56. The van der Waals surface area contributed by atoms with Crippen molar-refractivity contribution in [3.8, 4) is 0 Å². The Bertz CT molecular complexity index is 272. The van der Waals surface area contributed by atoms with E-state index >= 15 is 0 Å². The van der Waals surface area contributed by atoms with E-state index in [1.807, 2.05) is 45.0 Å². The molecule has 0 saturated carbocycles. The normalized spacial score (nSPS) is 11.8. The summed E-state index contributed by atoms with van der Waals surface area (Å²) in [6.45, 7) is 6.06. The number of allylic oxidation sites excluding steroid dienone is 1. The summed E-state index contributed by atoms with van der Waals surface area (Å²) in [5, 5.41) is 0. The molecule has 0 aliphatic rings. The van der Waals surface area contributed by atoms with Gasteiger partial charge in [0.05, 0.1) is 6.10 Å². The highest BCUT2D eigenvalue weighted by Gasteiger charge is 2.02. The van der Waals surface area contributed by atoms with Crippen molar-refractivity contribution in [1.82, 2.24) is 0 Å². The Morgan fingerprint density at radius 3 is 2.31 bits per heavy atom. The van der Waals surface area contributed by atoms with Crippen LogP contribution in [0.3, 0.4) is 0 Å². The highest BCUT2D eigenvalue weighted by atomic mass is 16.5. The van der Waals surface area contributed by atoms with Crippen molar-refractivity contribution in [3.63, 3.8) is 0 Å². The third kappa shape index (κ3) is 2.94. The maximum atomic E-state index is 5.65. The van der Waals surface area contributed by atoms with Gasteiger partial charge in [0.25, 0.3) is 0 Å². The molecule has 0 aromatic heterocycles. The van der Waals surface area contributed by atoms with E-state index in [0.717, 1.165) is 11.3 Å². The zero-order valence-corrected chi connectivity index (χ0v) is 8.45. The first-order chi connectivity index (χ1) is 6.24. The van der Waals surface area contributed by atoms with Gasteiger partial charge < -0.3 is 4.74 Å². The Balaban J connectivity index is 2.80. The van der Waals surface area contributed by atoms with Crippen LogP contribution in [0.4, 0.5) is 0 Å². The van der Waals surface area contributed by atoms with Gasteiger partial charge in [0, 0.05) is 5.56 Å². The molecule has 0 saturated heterocycles. The first kappa shape index (κ1) is 9.85. The van der Waals surface area contributed by atoms with Crippen LogP contribution < -0.4 is 0 Å². The molecule has 1 aromatic rings. The van der Waals surface area contributed by atoms with Crippen molar-refractivity contribution in [1.29, 1.82) is 0 Å². The van der Waals surface area contributed by atoms with E-state index in [-0.39, 0.29) is 6.10 Å². The number of rotatable bonds is 3. The van der Waals surface area contributed by atoms with E-state index in [1.54, 1.807) is 0 Å². The summed E-state index contributed by atoms with van der Waals surface area (Å²) in [6.07, 6.45) is 2.22. The average Bonchev–Trinajstić information content (AvgIpc) is 2.15.